The van der Waals surface area contributed by atoms with Crippen molar-refractivity contribution in [2.24, 2.45) is 17.1 Å². The molecule has 1 aromatic rings. The number of carboxylic acid groups (broad SMARTS) is 1. The zero-order valence-corrected chi connectivity index (χ0v) is 11.4. The highest BCUT2D eigenvalue weighted by molar-refractivity contribution is 5.75. The SMILES string of the molecule is CC(C)C(CN)(Cc1ccc(C(F)(F)F)cc1)C(=O)O. The monoisotopic (exact) mass is 289 g/mol. The molecule has 0 aliphatic carbocycles. The van der Waals surface area contributed by atoms with E-state index in [1.54, 1.807) is 13.8 Å². The molecule has 1 rings (SSSR count). The molecular formula is C14H18F3NO2. The van der Waals surface area contributed by atoms with Gasteiger partial charge in [0, 0.05) is 6.54 Å². The van der Waals surface area contributed by atoms with Crippen LogP contribution in [0.4, 0.5) is 13.2 Å². The molecule has 0 fully saturated rings. The molecule has 0 heterocycles. The number of aliphatic carboxylic acids is 1. The van der Waals surface area contributed by atoms with Crippen molar-refractivity contribution in [3.8, 4) is 0 Å². The van der Waals surface area contributed by atoms with Crippen molar-refractivity contribution in [3.63, 3.8) is 0 Å². The third kappa shape index (κ3) is 3.30. The van der Waals surface area contributed by atoms with Gasteiger partial charge in [-0.15, -0.1) is 0 Å². The fourth-order valence-corrected chi connectivity index (χ4v) is 2.10. The zero-order valence-electron chi connectivity index (χ0n) is 11.4. The largest absolute Gasteiger partial charge is 0.481 e. The van der Waals surface area contributed by atoms with Crippen LogP contribution in [0.5, 0.6) is 0 Å². The van der Waals surface area contributed by atoms with Crippen molar-refractivity contribution in [2.75, 3.05) is 6.54 Å². The number of hydrogen-bond donors (Lipinski definition) is 2. The number of nitrogens with two attached hydrogens (primary N) is 1. The molecule has 0 radical (unpaired) electrons. The van der Waals surface area contributed by atoms with E-state index in [-0.39, 0.29) is 18.9 Å². The minimum Gasteiger partial charge on any atom is -0.481 e. The van der Waals surface area contributed by atoms with Gasteiger partial charge in [-0.2, -0.15) is 13.2 Å². The molecule has 0 bridgehead atoms. The van der Waals surface area contributed by atoms with Gasteiger partial charge in [0.15, 0.2) is 0 Å². The molecule has 1 unspecified atom stereocenters. The summed E-state index contributed by atoms with van der Waals surface area (Å²) in [6, 6.07) is 4.52. The maximum atomic E-state index is 12.5. The van der Waals surface area contributed by atoms with E-state index in [0.29, 0.717) is 5.56 Å². The van der Waals surface area contributed by atoms with Crippen LogP contribution in [-0.4, -0.2) is 17.6 Å². The maximum absolute atomic E-state index is 12.5. The second kappa shape index (κ2) is 5.83. The lowest BCUT2D eigenvalue weighted by molar-refractivity contribution is -0.151. The van der Waals surface area contributed by atoms with Crippen molar-refractivity contribution < 1.29 is 23.1 Å². The Labute approximate surface area is 115 Å². The van der Waals surface area contributed by atoms with Gasteiger partial charge in [0.2, 0.25) is 0 Å². The van der Waals surface area contributed by atoms with Crippen LogP contribution in [-0.2, 0) is 17.4 Å². The Kier molecular flexibility index (Phi) is 4.81. The summed E-state index contributed by atoms with van der Waals surface area (Å²) in [6.07, 6.45) is -4.29. The lowest BCUT2D eigenvalue weighted by Gasteiger charge is -2.32. The van der Waals surface area contributed by atoms with E-state index < -0.39 is 23.1 Å². The van der Waals surface area contributed by atoms with Crippen LogP contribution in [0, 0.1) is 11.3 Å². The van der Waals surface area contributed by atoms with Gasteiger partial charge in [-0.1, -0.05) is 26.0 Å². The Balaban J connectivity index is 3.04. The summed E-state index contributed by atoms with van der Waals surface area (Å²) >= 11 is 0. The van der Waals surface area contributed by atoms with Crippen LogP contribution in [0.2, 0.25) is 0 Å². The molecule has 20 heavy (non-hydrogen) atoms. The lowest BCUT2D eigenvalue weighted by Crippen LogP contribution is -2.45. The minimum absolute atomic E-state index is 0.0684. The Morgan fingerprint density at radius 3 is 2.05 bits per heavy atom. The second-order valence-corrected chi connectivity index (χ2v) is 5.19. The zero-order chi connectivity index (χ0) is 15.6. The first kappa shape index (κ1) is 16.5. The van der Waals surface area contributed by atoms with Crippen LogP contribution < -0.4 is 5.73 Å². The minimum atomic E-state index is -4.39. The smallest absolute Gasteiger partial charge is 0.416 e. The molecule has 3 nitrogen and oxygen atoms in total. The van der Waals surface area contributed by atoms with Gasteiger partial charge in [-0.3, -0.25) is 4.79 Å². The normalized spacial score (nSPS) is 15.2. The third-order valence-electron chi connectivity index (χ3n) is 3.70. The first-order valence-corrected chi connectivity index (χ1v) is 6.23. The van der Waals surface area contributed by atoms with Gasteiger partial charge in [-0.25, -0.2) is 0 Å². The highest BCUT2D eigenvalue weighted by Gasteiger charge is 2.40. The molecule has 6 heteroatoms. The van der Waals surface area contributed by atoms with Gasteiger partial charge in [0.1, 0.15) is 0 Å². The summed E-state index contributed by atoms with van der Waals surface area (Å²) in [7, 11) is 0. The number of halogens is 3. The van der Waals surface area contributed by atoms with Gasteiger partial charge < -0.3 is 10.8 Å². The molecular weight excluding hydrogens is 271 g/mol. The Bertz CT molecular complexity index is 468. The number of hydrogen-bond acceptors (Lipinski definition) is 2. The third-order valence-corrected chi connectivity index (χ3v) is 3.70. The maximum Gasteiger partial charge on any atom is 0.416 e. The first-order valence-electron chi connectivity index (χ1n) is 6.23. The Morgan fingerprint density at radius 1 is 1.25 bits per heavy atom. The Morgan fingerprint density at radius 2 is 1.75 bits per heavy atom. The Hall–Kier alpha value is -1.56. The highest BCUT2D eigenvalue weighted by atomic mass is 19.4. The molecule has 0 saturated heterocycles. The molecule has 0 amide bonds. The van der Waals surface area contributed by atoms with Crippen LogP contribution in [0.1, 0.15) is 25.0 Å². The van der Waals surface area contributed by atoms with E-state index in [0.717, 1.165) is 12.1 Å². The van der Waals surface area contributed by atoms with Crippen molar-refractivity contribution in [3.05, 3.63) is 35.4 Å². The van der Waals surface area contributed by atoms with Crippen LogP contribution in [0.25, 0.3) is 0 Å². The van der Waals surface area contributed by atoms with Crippen LogP contribution >= 0.6 is 0 Å². The predicted octanol–water partition coefficient (Wildman–Crippen LogP) is 2.93. The molecule has 3 N–H and O–H groups in total. The van der Waals surface area contributed by atoms with Gasteiger partial charge in [-0.05, 0) is 30.0 Å². The summed E-state index contributed by atoms with van der Waals surface area (Å²) < 4.78 is 37.4. The number of carboxylic acids is 1. The van der Waals surface area contributed by atoms with Crippen molar-refractivity contribution >= 4 is 5.97 Å². The fraction of sp³-hybridized carbons (Fsp3) is 0.500. The number of rotatable bonds is 5. The second-order valence-electron chi connectivity index (χ2n) is 5.19. The molecule has 0 spiro atoms. The van der Waals surface area contributed by atoms with Crippen LogP contribution in [0.15, 0.2) is 24.3 Å². The molecule has 0 saturated carbocycles. The molecule has 0 aliphatic rings. The summed E-state index contributed by atoms with van der Waals surface area (Å²) in [5.74, 6) is -1.26. The number of benzene rings is 1. The molecule has 1 atom stereocenters. The summed E-state index contributed by atoms with van der Waals surface area (Å²) in [5.41, 5.74) is 4.21. The molecule has 1 aromatic carbocycles. The molecule has 112 valence electrons. The van der Waals surface area contributed by atoms with E-state index in [1.165, 1.54) is 12.1 Å². The molecule has 0 aliphatic heterocycles. The van der Waals surface area contributed by atoms with Gasteiger partial charge in [0.25, 0.3) is 0 Å². The van der Waals surface area contributed by atoms with E-state index in [4.69, 9.17) is 5.73 Å². The fourth-order valence-electron chi connectivity index (χ4n) is 2.10. The van der Waals surface area contributed by atoms with Crippen molar-refractivity contribution in [1.82, 2.24) is 0 Å². The topological polar surface area (TPSA) is 63.3 Å². The number of alkyl halides is 3. The quantitative estimate of drug-likeness (QED) is 0.876. The van der Waals surface area contributed by atoms with Crippen LogP contribution in [0.3, 0.4) is 0 Å². The predicted molar refractivity (Wildman–Crippen MR) is 69.1 cm³/mol. The van der Waals surface area contributed by atoms with Crippen molar-refractivity contribution in [1.29, 1.82) is 0 Å². The summed E-state index contributed by atoms with van der Waals surface area (Å²) in [4.78, 5) is 11.5. The summed E-state index contributed by atoms with van der Waals surface area (Å²) in [5, 5.41) is 9.38. The standard InChI is InChI=1S/C14H18F3NO2/c1-9(2)13(8-18,12(19)20)7-10-3-5-11(6-4-10)14(15,16)17/h3-6,9H,7-8,18H2,1-2H3,(H,19,20). The van der Waals surface area contributed by atoms with Gasteiger partial charge >= 0.3 is 12.1 Å². The first-order chi connectivity index (χ1) is 9.13. The average Bonchev–Trinajstić information content (AvgIpc) is 2.34. The van der Waals surface area contributed by atoms with E-state index in [9.17, 15) is 23.1 Å². The summed E-state index contributed by atoms with van der Waals surface area (Å²) in [6.45, 7) is 3.41. The lowest BCUT2D eigenvalue weighted by atomic mass is 9.72. The van der Waals surface area contributed by atoms with Crippen molar-refractivity contribution in [2.45, 2.75) is 26.4 Å². The average molecular weight is 289 g/mol. The van der Waals surface area contributed by atoms with E-state index in [2.05, 4.69) is 0 Å². The molecule has 0 aromatic heterocycles. The number of carbonyl (C=O) groups is 1. The van der Waals surface area contributed by atoms with Gasteiger partial charge in [0.05, 0.1) is 11.0 Å². The van der Waals surface area contributed by atoms with E-state index in [1.807, 2.05) is 0 Å². The highest BCUT2D eigenvalue weighted by Crippen LogP contribution is 2.33. The van der Waals surface area contributed by atoms with E-state index >= 15 is 0 Å².